The third kappa shape index (κ3) is 3.37. The van der Waals surface area contributed by atoms with E-state index < -0.39 is 40.2 Å². The van der Waals surface area contributed by atoms with E-state index >= 15 is 0 Å². The molecule has 0 spiro atoms. The van der Waals surface area contributed by atoms with Crippen LogP contribution in [0.2, 0.25) is 0 Å². The molecule has 4 nitrogen and oxygen atoms in total. The van der Waals surface area contributed by atoms with Gasteiger partial charge < -0.3 is 15.5 Å². The van der Waals surface area contributed by atoms with E-state index in [0.717, 1.165) is 0 Å². The van der Waals surface area contributed by atoms with Crippen molar-refractivity contribution in [2.75, 3.05) is 6.61 Å². The van der Waals surface area contributed by atoms with Crippen LogP contribution in [0, 0.1) is 17.5 Å². The van der Waals surface area contributed by atoms with E-state index in [-0.39, 0.29) is 13.0 Å². The number of phenolic OH excluding ortho intramolecular Hbond substituents is 1. The van der Waals surface area contributed by atoms with Crippen LogP contribution in [-0.4, -0.2) is 28.3 Å². The van der Waals surface area contributed by atoms with Gasteiger partial charge in [-0.05, 0) is 26.3 Å². The lowest BCUT2D eigenvalue weighted by Gasteiger charge is -2.25. The van der Waals surface area contributed by atoms with Gasteiger partial charge in [0.1, 0.15) is 0 Å². The summed E-state index contributed by atoms with van der Waals surface area (Å²) in [4.78, 5) is 11.7. The minimum Gasteiger partial charge on any atom is -0.503 e. The molecule has 0 unspecified atom stereocenters. The van der Waals surface area contributed by atoms with Gasteiger partial charge in [0, 0.05) is 12.1 Å². The predicted octanol–water partition coefficient (Wildman–Crippen LogP) is 1.70. The van der Waals surface area contributed by atoms with E-state index in [4.69, 9.17) is 10.2 Å². The van der Waals surface area contributed by atoms with Crippen molar-refractivity contribution in [3.05, 3.63) is 29.1 Å². The third-order valence-corrected chi connectivity index (χ3v) is 2.57. The second-order valence-corrected chi connectivity index (χ2v) is 4.69. The quantitative estimate of drug-likeness (QED) is 0.734. The maximum Gasteiger partial charge on any atom is 0.254 e. The van der Waals surface area contributed by atoms with Crippen LogP contribution in [0.4, 0.5) is 13.2 Å². The molecular weight excluding hydrogens is 263 g/mol. The summed E-state index contributed by atoms with van der Waals surface area (Å²) in [6, 6.07) is 0.370. The molecule has 0 atom stereocenters. The highest BCUT2D eigenvalue weighted by Crippen LogP contribution is 2.26. The lowest BCUT2D eigenvalue weighted by Crippen LogP contribution is -2.44. The van der Waals surface area contributed by atoms with Crippen LogP contribution in [-0.2, 0) is 0 Å². The highest BCUT2D eigenvalue weighted by atomic mass is 19.2. The van der Waals surface area contributed by atoms with E-state index in [1.54, 1.807) is 13.8 Å². The SMILES string of the molecule is CC(C)(CCO)NC(=O)c1cc(F)c(F)c(O)c1F. The van der Waals surface area contributed by atoms with Crippen molar-refractivity contribution < 1.29 is 28.2 Å². The summed E-state index contributed by atoms with van der Waals surface area (Å²) in [6.07, 6.45) is 0.190. The fourth-order valence-corrected chi connectivity index (χ4v) is 1.47. The molecule has 1 amide bonds. The lowest BCUT2D eigenvalue weighted by atomic mass is 10.0. The Bertz CT molecular complexity index is 503. The smallest absolute Gasteiger partial charge is 0.254 e. The molecule has 3 N–H and O–H groups in total. The number of benzene rings is 1. The molecule has 1 rings (SSSR count). The number of hydrogen-bond donors (Lipinski definition) is 3. The Hall–Kier alpha value is -1.76. The summed E-state index contributed by atoms with van der Waals surface area (Å²) in [5.74, 6) is -7.35. The van der Waals surface area contributed by atoms with Crippen molar-refractivity contribution in [2.24, 2.45) is 0 Å². The van der Waals surface area contributed by atoms with Gasteiger partial charge in [0.15, 0.2) is 17.4 Å². The molecule has 7 heteroatoms. The van der Waals surface area contributed by atoms with Crippen molar-refractivity contribution >= 4 is 5.91 Å². The lowest BCUT2D eigenvalue weighted by molar-refractivity contribution is 0.0893. The zero-order valence-electron chi connectivity index (χ0n) is 10.4. The molecule has 0 aliphatic heterocycles. The van der Waals surface area contributed by atoms with Crippen LogP contribution in [0.5, 0.6) is 5.75 Å². The number of aliphatic hydroxyl groups is 1. The maximum atomic E-state index is 13.5. The number of nitrogens with one attached hydrogen (secondary N) is 1. The summed E-state index contributed by atoms with van der Waals surface area (Å²) < 4.78 is 39.4. The standard InChI is InChI=1S/C12H14F3NO3/c1-12(2,3-4-17)16-11(19)6-5-7(13)9(15)10(18)8(6)14/h5,17-18H,3-4H2,1-2H3,(H,16,19). The van der Waals surface area contributed by atoms with E-state index in [1.165, 1.54) is 0 Å². The van der Waals surface area contributed by atoms with Crippen molar-refractivity contribution in [1.29, 1.82) is 0 Å². The van der Waals surface area contributed by atoms with Crippen LogP contribution in [0.15, 0.2) is 6.07 Å². The first-order valence-corrected chi connectivity index (χ1v) is 5.49. The maximum absolute atomic E-state index is 13.5. The Labute approximate surface area is 107 Å². The number of carbonyl (C=O) groups is 1. The van der Waals surface area contributed by atoms with Gasteiger partial charge in [-0.2, -0.15) is 4.39 Å². The number of amides is 1. The molecule has 0 aliphatic carbocycles. The Morgan fingerprint density at radius 1 is 1.32 bits per heavy atom. The zero-order valence-corrected chi connectivity index (χ0v) is 10.4. The van der Waals surface area contributed by atoms with Crippen molar-refractivity contribution in [3.8, 4) is 5.75 Å². The molecule has 19 heavy (non-hydrogen) atoms. The summed E-state index contributed by atoms with van der Waals surface area (Å²) in [5, 5.41) is 20.1. The highest BCUT2D eigenvalue weighted by molar-refractivity contribution is 5.95. The molecule has 0 heterocycles. The molecule has 0 radical (unpaired) electrons. The molecule has 1 aromatic rings. The van der Waals surface area contributed by atoms with Crippen molar-refractivity contribution in [1.82, 2.24) is 5.32 Å². The number of aliphatic hydroxyl groups excluding tert-OH is 1. The van der Waals surface area contributed by atoms with Crippen LogP contribution in [0.3, 0.4) is 0 Å². The van der Waals surface area contributed by atoms with Gasteiger partial charge in [-0.1, -0.05) is 0 Å². The van der Waals surface area contributed by atoms with E-state index in [0.29, 0.717) is 6.07 Å². The Morgan fingerprint density at radius 2 is 1.89 bits per heavy atom. The van der Waals surface area contributed by atoms with E-state index in [1.807, 2.05) is 0 Å². The van der Waals surface area contributed by atoms with Crippen molar-refractivity contribution in [2.45, 2.75) is 25.8 Å². The Kier molecular flexibility index (Phi) is 4.41. The average molecular weight is 277 g/mol. The summed E-state index contributed by atoms with van der Waals surface area (Å²) in [7, 11) is 0. The number of halogens is 3. The van der Waals surface area contributed by atoms with Gasteiger partial charge in [-0.25, -0.2) is 8.78 Å². The monoisotopic (exact) mass is 277 g/mol. The predicted molar refractivity (Wildman–Crippen MR) is 61.2 cm³/mol. The molecule has 1 aromatic carbocycles. The normalized spacial score (nSPS) is 11.5. The molecule has 0 aliphatic rings. The molecular formula is C12H14F3NO3. The Balaban J connectivity index is 3.08. The minimum absolute atomic E-state index is 0.190. The molecule has 106 valence electrons. The summed E-state index contributed by atoms with van der Waals surface area (Å²) in [6.45, 7) is 2.93. The second kappa shape index (κ2) is 5.48. The van der Waals surface area contributed by atoms with Gasteiger partial charge in [0.05, 0.1) is 5.56 Å². The number of aromatic hydroxyl groups is 1. The molecule has 0 saturated carbocycles. The minimum atomic E-state index is -1.75. The Morgan fingerprint density at radius 3 is 2.42 bits per heavy atom. The van der Waals surface area contributed by atoms with Gasteiger partial charge in [-0.15, -0.1) is 0 Å². The van der Waals surface area contributed by atoms with Gasteiger partial charge in [-0.3, -0.25) is 4.79 Å². The van der Waals surface area contributed by atoms with Crippen LogP contribution >= 0.6 is 0 Å². The number of rotatable bonds is 4. The molecule has 0 aromatic heterocycles. The first-order valence-electron chi connectivity index (χ1n) is 5.49. The van der Waals surface area contributed by atoms with Crippen molar-refractivity contribution in [3.63, 3.8) is 0 Å². The number of phenols is 1. The van der Waals surface area contributed by atoms with Crippen LogP contribution in [0.25, 0.3) is 0 Å². The van der Waals surface area contributed by atoms with E-state index in [9.17, 15) is 18.0 Å². The first-order chi connectivity index (χ1) is 8.69. The number of carbonyl (C=O) groups excluding carboxylic acids is 1. The molecule has 0 saturated heterocycles. The molecule has 0 fully saturated rings. The molecule has 0 bridgehead atoms. The third-order valence-electron chi connectivity index (χ3n) is 2.57. The summed E-state index contributed by atoms with van der Waals surface area (Å²) in [5.41, 5.74) is -1.67. The zero-order chi connectivity index (χ0) is 14.8. The van der Waals surface area contributed by atoms with E-state index in [2.05, 4.69) is 5.32 Å². The fourth-order valence-electron chi connectivity index (χ4n) is 1.47. The van der Waals surface area contributed by atoms with Gasteiger partial charge in [0.2, 0.25) is 5.82 Å². The van der Waals surface area contributed by atoms with Crippen LogP contribution in [0.1, 0.15) is 30.6 Å². The highest BCUT2D eigenvalue weighted by Gasteiger charge is 2.26. The second-order valence-electron chi connectivity index (χ2n) is 4.69. The topological polar surface area (TPSA) is 69.6 Å². The largest absolute Gasteiger partial charge is 0.503 e. The van der Waals surface area contributed by atoms with Gasteiger partial charge >= 0.3 is 0 Å². The number of hydrogen-bond acceptors (Lipinski definition) is 3. The van der Waals surface area contributed by atoms with Crippen LogP contribution < -0.4 is 5.32 Å². The fraction of sp³-hybridized carbons (Fsp3) is 0.417. The first kappa shape index (κ1) is 15.3. The average Bonchev–Trinajstić information content (AvgIpc) is 2.30. The summed E-state index contributed by atoms with van der Waals surface area (Å²) >= 11 is 0. The van der Waals surface area contributed by atoms with Gasteiger partial charge in [0.25, 0.3) is 5.91 Å².